The fraction of sp³-hybridized carbons (Fsp3) is 1.00. The van der Waals surface area contributed by atoms with Crippen LogP contribution in [0.5, 0.6) is 0 Å². The molecule has 0 aromatic heterocycles. The zero-order chi connectivity index (χ0) is 20.5. The Labute approximate surface area is 189 Å². The minimum atomic E-state index is 1.06. The molecule has 2 heteroatoms. The molecule has 0 N–H and O–H groups in total. The molecule has 0 atom stereocenters. The normalized spacial score (nSPS) is 28.4. The Kier molecular flexibility index (Phi) is 9.00. The van der Waals surface area contributed by atoms with E-state index in [0.29, 0.717) is 0 Å². The Bertz CT molecular complexity index is 419. The van der Waals surface area contributed by atoms with Crippen molar-refractivity contribution in [2.24, 2.45) is 11.8 Å². The summed E-state index contributed by atoms with van der Waals surface area (Å²) < 4.78 is 3.04. The molecule has 4 fully saturated rings. The summed E-state index contributed by atoms with van der Waals surface area (Å²) in [6, 6.07) is 0. The SMILES string of the molecule is C1CCC(C[N+]2(CCCC[N+]3(CC4CCCCC4)CCCCC3)CCCCC2)CC1. The maximum absolute atomic E-state index is 1.54. The Hall–Kier alpha value is -0.0800. The van der Waals surface area contributed by atoms with Crippen LogP contribution in [0.4, 0.5) is 0 Å². The van der Waals surface area contributed by atoms with Crippen LogP contribution in [0.25, 0.3) is 0 Å². The van der Waals surface area contributed by atoms with Crippen molar-refractivity contribution in [1.29, 1.82) is 0 Å². The van der Waals surface area contributed by atoms with Gasteiger partial charge in [-0.3, -0.25) is 0 Å². The lowest BCUT2D eigenvalue weighted by Gasteiger charge is -2.46. The standard InChI is InChI=1S/C28H54N2/c1-5-15-27(16-6-1)25-29(19-9-3-10-20-29)23-13-14-24-30(21-11-4-12-22-30)26-28-17-7-2-8-18-28/h27-28H,1-26H2/q+2. The number of quaternary nitrogens is 2. The lowest BCUT2D eigenvalue weighted by molar-refractivity contribution is -0.941. The Morgan fingerprint density at radius 1 is 0.400 bits per heavy atom. The first-order chi connectivity index (χ1) is 14.8. The number of rotatable bonds is 9. The summed E-state index contributed by atoms with van der Waals surface area (Å²) in [5.74, 6) is 2.12. The molecule has 2 nitrogen and oxygen atoms in total. The molecule has 0 spiro atoms. The van der Waals surface area contributed by atoms with Gasteiger partial charge in [0.25, 0.3) is 0 Å². The first kappa shape index (κ1) is 23.1. The molecule has 2 aliphatic carbocycles. The lowest BCUT2D eigenvalue weighted by Crippen LogP contribution is -2.56. The van der Waals surface area contributed by atoms with Gasteiger partial charge in [0, 0.05) is 24.7 Å². The maximum Gasteiger partial charge on any atom is 0.0815 e. The van der Waals surface area contributed by atoms with Crippen molar-refractivity contribution in [1.82, 2.24) is 0 Å². The predicted octanol–water partition coefficient (Wildman–Crippen LogP) is 6.93. The van der Waals surface area contributed by atoms with E-state index >= 15 is 0 Å². The molecule has 2 saturated carbocycles. The van der Waals surface area contributed by atoms with E-state index in [2.05, 4.69) is 0 Å². The van der Waals surface area contributed by atoms with Crippen LogP contribution in [-0.4, -0.2) is 61.3 Å². The summed E-state index contributed by atoms with van der Waals surface area (Å²) in [5, 5.41) is 0. The van der Waals surface area contributed by atoms with Crippen molar-refractivity contribution < 1.29 is 8.97 Å². The topological polar surface area (TPSA) is 0 Å². The fourth-order valence-corrected chi connectivity index (χ4v) is 8.09. The quantitative estimate of drug-likeness (QED) is 0.281. The number of piperidine rings is 2. The van der Waals surface area contributed by atoms with Gasteiger partial charge in [-0.2, -0.15) is 0 Å². The summed E-state index contributed by atoms with van der Waals surface area (Å²) in [6.45, 7) is 12.2. The first-order valence-electron chi connectivity index (χ1n) is 14.5. The zero-order valence-electron chi connectivity index (χ0n) is 20.4. The van der Waals surface area contributed by atoms with Gasteiger partial charge in [0.2, 0.25) is 0 Å². The molecule has 2 aliphatic heterocycles. The molecule has 0 radical (unpaired) electrons. The van der Waals surface area contributed by atoms with E-state index in [0.717, 1.165) is 11.8 Å². The highest BCUT2D eigenvalue weighted by Gasteiger charge is 2.35. The van der Waals surface area contributed by atoms with Crippen molar-refractivity contribution in [3.05, 3.63) is 0 Å². The van der Waals surface area contributed by atoms with Gasteiger partial charge in [-0.1, -0.05) is 38.5 Å². The minimum absolute atomic E-state index is 1.06. The van der Waals surface area contributed by atoms with Crippen molar-refractivity contribution in [3.8, 4) is 0 Å². The van der Waals surface area contributed by atoms with Crippen LogP contribution in [0.1, 0.15) is 116 Å². The van der Waals surface area contributed by atoms with Crippen molar-refractivity contribution >= 4 is 0 Å². The maximum atomic E-state index is 1.54. The van der Waals surface area contributed by atoms with Gasteiger partial charge in [-0.05, 0) is 64.2 Å². The van der Waals surface area contributed by atoms with E-state index in [1.54, 1.807) is 38.8 Å². The molecule has 0 bridgehead atoms. The van der Waals surface area contributed by atoms with E-state index in [1.165, 1.54) is 138 Å². The molecular weight excluding hydrogens is 364 g/mol. The van der Waals surface area contributed by atoms with Gasteiger partial charge < -0.3 is 8.97 Å². The molecular formula is C28H54N2+2. The van der Waals surface area contributed by atoms with E-state index in [1.807, 2.05) is 0 Å². The van der Waals surface area contributed by atoms with Crippen LogP contribution in [0.2, 0.25) is 0 Å². The van der Waals surface area contributed by atoms with Gasteiger partial charge in [-0.15, -0.1) is 0 Å². The highest BCUT2D eigenvalue weighted by molar-refractivity contribution is 4.69. The van der Waals surface area contributed by atoms with Crippen molar-refractivity contribution in [2.75, 3.05) is 52.4 Å². The lowest BCUT2D eigenvalue weighted by atomic mass is 9.87. The van der Waals surface area contributed by atoms with E-state index in [9.17, 15) is 0 Å². The van der Waals surface area contributed by atoms with E-state index < -0.39 is 0 Å². The number of hydrogen-bond acceptors (Lipinski definition) is 0. The number of hydrogen-bond donors (Lipinski definition) is 0. The Morgan fingerprint density at radius 3 is 1.10 bits per heavy atom. The number of likely N-dealkylation sites (tertiary alicyclic amines) is 2. The van der Waals surface area contributed by atoms with Crippen molar-refractivity contribution in [3.63, 3.8) is 0 Å². The molecule has 2 saturated heterocycles. The molecule has 0 aromatic carbocycles. The average Bonchev–Trinajstić information content (AvgIpc) is 2.80. The van der Waals surface area contributed by atoms with E-state index in [4.69, 9.17) is 0 Å². The second-order valence-corrected chi connectivity index (χ2v) is 12.2. The molecule has 30 heavy (non-hydrogen) atoms. The fourth-order valence-electron chi connectivity index (χ4n) is 8.09. The van der Waals surface area contributed by atoms with Gasteiger partial charge >= 0.3 is 0 Å². The second-order valence-electron chi connectivity index (χ2n) is 12.2. The smallest absolute Gasteiger partial charge is 0.0815 e. The third-order valence-electron chi connectivity index (χ3n) is 9.79. The average molecular weight is 419 g/mol. The highest BCUT2D eigenvalue weighted by atomic mass is 15.4. The molecule has 4 aliphatic rings. The molecule has 0 amide bonds. The zero-order valence-corrected chi connectivity index (χ0v) is 20.4. The first-order valence-corrected chi connectivity index (χ1v) is 14.5. The number of unbranched alkanes of at least 4 members (excludes halogenated alkanes) is 1. The summed E-state index contributed by atoms with van der Waals surface area (Å²) in [7, 11) is 0. The molecule has 0 unspecified atom stereocenters. The largest absolute Gasteiger partial charge is 0.323 e. The van der Waals surface area contributed by atoms with Crippen LogP contribution < -0.4 is 0 Å². The van der Waals surface area contributed by atoms with Gasteiger partial charge in [0.1, 0.15) is 0 Å². The third kappa shape index (κ3) is 6.71. The van der Waals surface area contributed by atoms with Gasteiger partial charge in [-0.25, -0.2) is 0 Å². The molecule has 174 valence electrons. The molecule has 0 aromatic rings. The van der Waals surface area contributed by atoms with Crippen LogP contribution in [0, 0.1) is 11.8 Å². The van der Waals surface area contributed by atoms with Crippen LogP contribution in [0.15, 0.2) is 0 Å². The van der Waals surface area contributed by atoms with Crippen molar-refractivity contribution in [2.45, 2.75) is 116 Å². The summed E-state index contributed by atoms with van der Waals surface area (Å²) in [5.41, 5.74) is 0. The molecule has 2 heterocycles. The van der Waals surface area contributed by atoms with Gasteiger partial charge in [0.05, 0.1) is 52.4 Å². The van der Waals surface area contributed by atoms with E-state index in [-0.39, 0.29) is 0 Å². The van der Waals surface area contributed by atoms with Crippen LogP contribution in [-0.2, 0) is 0 Å². The minimum Gasteiger partial charge on any atom is -0.323 e. The predicted molar refractivity (Wildman–Crippen MR) is 130 cm³/mol. The van der Waals surface area contributed by atoms with Crippen LogP contribution in [0.3, 0.4) is 0 Å². The monoisotopic (exact) mass is 418 g/mol. The molecule has 4 rings (SSSR count). The van der Waals surface area contributed by atoms with Crippen LogP contribution >= 0.6 is 0 Å². The summed E-state index contributed by atoms with van der Waals surface area (Å²) >= 11 is 0. The Balaban J connectivity index is 1.27. The second kappa shape index (κ2) is 11.7. The highest BCUT2D eigenvalue weighted by Crippen LogP contribution is 2.32. The third-order valence-corrected chi connectivity index (χ3v) is 9.79. The summed E-state index contributed by atoms with van der Waals surface area (Å²) in [4.78, 5) is 0. The summed E-state index contributed by atoms with van der Waals surface area (Å²) in [6.07, 6.45) is 27.3. The number of nitrogens with zero attached hydrogens (tertiary/aromatic N) is 2. The van der Waals surface area contributed by atoms with Gasteiger partial charge in [0.15, 0.2) is 0 Å². The Morgan fingerprint density at radius 2 is 0.733 bits per heavy atom.